The van der Waals surface area contributed by atoms with Gasteiger partial charge in [-0.1, -0.05) is 18.2 Å². The summed E-state index contributed by atoms with van der Waals surface area (Å²) in [6.07, 6.45) is 0.130. The number of carbonyl (C=O) groups is 3. The Morgan fingerprint density at radius 1 is 0.829 bits per heavy atom. The average Bonchev–Trinajstić information content (AvgIpc) is 2.84. The molecule has 3 rings (SSSR count). The third-order valence-electron chi connectivity index (χ3n) is 4.91. The minimum absolute atomic E-state index is 0.111. The predicted octanol–water partition coefficient (Wildman–Crippen LogP) is 5.58. The molecule has 0 saturated carbocycles. The Morgan fingerprint density at radius 2 is 1.49 bits per heavy atom. The molecule has 0 aliphatic heterocycles. The summed E-state index contributed by atoms with van der Waals surface area (Å²) in [7, 11) is 0. The molecule has 3 aromatic carbocycles. The van der Waals surface area contributed by atoms with Crippen LogP contribution < -0.4 is 20.1 Å². The van der Waals surface area contributed by atoms with E-state index in [-0.39, 0.29) is 24.2 Å². The van der Waals surface area contributed by atoms with E-state index in [4.69, 9.17) is 14.2 Å². The number of aryl methyl sites for hydroxylation is 1. The average molecular weight is 477 g/mol. The van der Waals surface area contributed by atoms with Crippen molar-refractivity contribution in [3.63, 3.8) is 0 Å². The zero-order chi connectivity index (χ0) is 25.0. The van der Waals surface area contributed by atoms with Crippen molar-refractivity contribution in [3.8, 4) is 11.5 Å². The number of carbonyl (C=O) groups excluding carboxylic acids is 3. The molecule has 182 valence electrons. The van der Waals surface area contributed by atoms with Crippen LogP contribution in [-0.2, 0) is 9.53 Å². The van der Waals surface area contributed by atoms with Crippen molar-refractivity contribution in [2.45, 2.75) is 26.7 Å². The number of para-hydroxylation sites is 1. The van der Waals surface area contributed by atoms with Crippen LogP contribution in [0.4, 0.5) is 16.2 Å². The van der Waals surface area contributed by atoms with Crippen molar-refractivity contribution in [3.05, 3.63) is 83.9 Å². The Morgan fingerprint density at radius 3 is 2.14 bits per heavy atom. The Kier molecular flexibility index (Phi) is 9.24. The fraction of sp³-hybridized carbons (Fsp3) is 0.222. The monoisotopic (exact) mass is 476 g/mol. The lowest BCUT2D eigenvalue weighted by molar-refractivity contribution is -0.116. The van der Waals surface area contributed by atoms with Gasteiger partial charge in [0.2, 0.25) is 5.91 Å². The van der Waals surface area contributed by atoms with E-state index in [0.29, 0.717) is 36.4 Å². The number of benzene rings is 3. The Hall–Kier alpha value is -4.33. The largest absolute Gasteiger partial charge is 0.513 e. The molecule has 0 fully saturated rings. The standard InChI is InChI=1S/C27H28N2O6/c1-3-33-27(32)35-23-16-10-20(11-17-23)26(31)29-22-14-12-21(13-15-22)28-25(30)9-6-18-34-24-8-5-4-7-19(24)2/h4-5,7-8,10-17H,3,6,9,18H2,1-2H3,(H,28,30)(H,29,31). The van der Waals surface area contributed by atoms with Gasteiger partial charge in [-0.25, -0.2) is 4.79 Å². The first-order valence-electron chi connectivity index (χ1n) is 11.3. The van der Waals surface area contributed by atoms with Gasteiger partial charge in [0.05, 0.1) is 13.2 Å². The summed E-state index contributed by atoms with van der Waals surface area (Å²) in [6, 6.07) is 20.7. The van der Waals surface area contributed by atoms with Gasteiger partial charge in [-0.15, -0.1) is 0 Å². The van der Waals surface area contributed by atoms with Crippen LogP contribution in [0.2, 0.25) is 0 Å². The van der Waals surface area contributed by atoms with Crippen LogP contribution in [0.3, 0.4) is 0 Å². The molecule has 0 aromatic heterocycles. The fourth-order valence-corrected chi connectivity index (χ4v) is 3.11. The Balaban J connectivity index is 1.42. The highest BCUT2D eigenvalue weighted by molar-refractivity contribution is 6.04. The van der Waals surface area contributed by atoms with Gasteiger partial charge in [0, 0.05) is 23.4 Å². The summed E-state index contributed by atoms with van der Waals surface area (Å²) in [5.41, 5.74) is 2.66. The predicted molar refractivity (Wildman–Crippen MR) is 133 cm³/mol. The molecular formula is C27H28N2O6. The van der Waals surface area contributed by atoms with E-state index in [2.05, 4.69) is 10.6 Å². The van der Waals surface area contributed by atoms with Gasteiger partial charge >= 0.3 is 6.16 Å². The molecule has 2 amide bonds. The van der Waals surface area contributed by atoms with Gasteiger partial charge in [-0.3, -0.25) is 9.59 Å². The Labute approximate surface area is 204 Å². The van der Waals surface area contributed by atoms with E-state index in [1.165, 1.54) is 12.1 Å². The normalized spacial score (nSPS) is 10.2. The van der Waals surface area contributed by atoms with Crippen LogP contribution in [-0.4, -0.2) is 31.2 Å². The minimum atomic E-state index is -0.799. The molecule has 2 N–H and O–H groups in total. The maximum Gasteiger partial charge on any atom is 0.513 e. The second-order valence-corrected chi connectivity index (χ2v) is 7.61. The third kappa shape index (κ3) is 8.19. The lowest BCUT2D eigenvalue weighted by atomic mass is 10.2. The van der Waals surface area contributed by atoms with Crippen molar-refractivity contribution in [2.75, 3.05) is 23.8 Å². The molecule has 0 unspecified atom stereocenters. The summed E-state index contributed by atoms with van der Waals surface area (Å²) in [5, 5.41) is 5.62. The van der Waals surface area contributed by atoms with E-state index >= 15 is 0 Å². The van der Waals surface area contributed by atoms with Crippen molar-refractivity contribution in [1.29, 1.82) is 0 Å². The lowest BCUT2D eigenvalue weighted by Crippen LogP contribution is -2.14. The molecule has 0 aliphatic carbocycles. The van der Waals surface area contributed by atoms with E-state index in [1.807, 2.05) is 31.2 Å². The smallest absolute Gasteiger partial charge is 0.493 e. The van der Waals surface area contributed by atoms with Crippen molar-refractivity contribution < 1.29 is 28.6 Å². The molecule has 0 radical (unpaired) electrons. The van der Waals surface area contributed by atoms with Crippen LogP contribution in [0.5, 0.6) is 11.5 Å². The number of amides is 2. The van der Waals surface area contributed by atoms with E-state index in [9.17, 15) is 14.4 Å². The van der Waals surface area contributed by atoms with Crippen molar-refractivity contribution >= 4 is 29.3 Å². The molecule has 35 heavy (non-hydrogen) atoms. The zero-order valence-electron chi connectivity index (χ0n) is 19.7. The molecule has 0 aliphatic rings. The molecule has 8 heteroatoms. The van der Waals surface area contributed by atoms with Gasteiger partial charge in [0.1, 0.15) is 11.5 Å². The molecule has 0 saturated heterocycles. The van der Waals surface area contributed by atoms with Crippen LogP contribution in [0.1, 0.15) is 35.7 Å². The number of ether oxygens (including phenoxy) is 3. The van der Waals surface area contributed by atoms with Crippen LogP contribution in [0, 0.1) is 6.92 Å². The number of nitrogens with one attached hydrogen (secondary N) is 2. The fourth-order valence-electron chi connectivity index (χ4n) is 3.11. The summed E-state index contributed by atoms with van der Waals surface area (Å²) in [4.78, 5) is 36.0. The van der Waals surface area contributed by atoms with Gasteiger partial charge in [0.25, 0.3) is 5.91 Å². The van der Waals surface area contributed by atoms with Crippen molar-refractivity contribution in [1.82, 2.24) is 0 Å². The molecule has 3 aromatic rings. The maximum atomic E-state index is 12.5. The highest BCUT2D eigenvalue weighted by Gasteiger charge is 2.09. The van der Waals surface area contributed by atoms with Gasteiger partial charge in [0.15, 0.2) is 0 Å². The van der Waals surface area contributed by atoms with Gasteiger partial charge < -0.3 is 24.8 Å². The van der Waals surface area contributed by atoms with E-state index in [1.54, 1.807) is 43.3 Å². The third-order valence-corrected chi connectivity index (χ3v) is 4.91. The number of anilines is 2. The van der Waals surface area contributed by atoms with Crippen LogP contribution >= 0.6 is 0 Å². The molecular weight excluding hydrogens is 448 g/mol. The second kappa shape index (κ2) is 12.8. The highest BCUT2D eigenvalue weighted by Crippen LogP contribution is 2.18. The minimum Gasteiger partial charge on any atom is -0.493 e. The lowest BCUT2D eigenvalue weighted by Gasteiger charge is -2.10. The highest BCUT2D eigenvalue weighted by atomic mass is 16.7. The summed E-state index contributed by atoms with van der Waals surface area (Å²) in [5.74, 6) is 0.673. The van der Waals surface area contributed by atoms with Gasteiger partial charge in [-0.2, -0.15) is 0 Å². The zero-order valence-corrected chi connectivity index (χ0v) is 19.7. The first-order valence-corrected chi connectivity index (χ1v) is 11.3. The second-order valence-electron chi connectivity index (χ2n) is 7.61. The van der Waals surface area contributed by atoms with Gasteiger partial charge in [-0.05, 0) is 80.4 Å². The molecule has 0 atom stereocenters. The number of hydrogen-bond acceptors (Lipinski definition) is 6. The molecule has 8 nitrogen and oxygen atoms in total. The first kappa shape index (κ1) is 25.3. The quantitative estimate of drug-likeness (QED) is 0.225. The van der Waals surface area contributed by atoms with Crippen LogP contribution in [0.25, 0.3) is 0 Å². The molecule has 0 spiro atoms. The Bertz CT molecular complexity index is 1140. The number of hydrogen-bond donors (Lipinski definition) is 2. The maximum absolute atomic E-state index is 12.5. The summed E-state index contributed by atoms with van der Waals surface area (Å²) in [6.45, 7) is 4.33. The van der Waals surface area contributed by atoms with E-state index in [0.717, 1.165) is 11.3 Å². The molecule has 0 heterocycles. The first-order chi connectivity index (χ1) is 16.9. The number of rotatable bonds is 10. The SMILES string of the molecule is CCOC(=O)Oc1ccc(C(=O)Nc2ccc(NC(=O)CCCOc3ccccc3C)cc2)cc1. The topological polar surface area (TPSA) is 103 Å². The summed E-state index contributed by atoms with van der Waals surface area (Å²) < 4.78 is 15.4. The van der Waals surface area contributed by atoms with Crippen molar-refractivity contribution in [2.24, 2.45) is 0 Å². The molecule has 0 bridgehead atoms. The van der Waals surface area contributed by atoms with E-state index < -0.39 is 6.16 Å². The van der Waals surface area contributed by atoms with Crippen LogP contribution in [0.15, 0.2) is 72.8 Å². The summed E-state index contributed by atoms with van der Waals surface area (Å²) >= 11 is 0.